The fourth-order valence-corrected chi connectivity index (χ4v) is 1.59. The van der Waals surface area contributed by atoms with Crippen LogP contribution in [0.5, 0.6) is 0 Å². The highest BCUT2D eigenvalue weighted by molar-refractivity contribution is 5.84. The van der Waals surface area contributed by atoms with Gasteiger partial charge in [0.05, 0.1) is 6.54 Å². The highest BCUT2D eigenvalue weighted by Gasteiger charge is 2.36. The molecule has 0 fully saturated rings. The van der Waals surface area contributed by atoms with Gasteiger partial charge in [-0.05, 0) is 20.0 Å². The molecular formula is C10H20F3N3O. The van der Waals surface area contributed by atoms with Crippen LogP contribution in [0.4, 0.5) is 13.2 Å². The number of hydrogen-bond donors (Lipinski definition) is 2. The maximum absolute atomic E-state index is 12.3. The van der Waals surface area contributed by atoms with Gasteiger partial charge in [0.1, 0.15) is 5.54 Å². The molecule has 1 amide bonds. The quantitative estimate of drug-likeness (QED) is 0.705. The largest absolute Gasteiger partial charge is 0.401 e. The van der Waals surface area contributed by atoms with Crippen LogP contribution >= 0.6 is 0 Å². The van der Waals surface area contributed by atoms with Gasteiger partial charge in [0.2, 0.25) is 5.91 Å². The van der Waals surface area contributed by atoms with Crippen molar-refractivity contribution in [1.82, 2.24) is 10.2 Å². The van der Waals surface area contributed by atoms with Crippen molar-refractivity contribution in [2.24, 2.45) is 5.73 Å². The number of carbonyl (C=O) groups is 1. The van der Waals surface area contributed by atoms with Crippen LogP contribution in [0.3, 0.4) is 0 Å². The zero-order chi connectivity index (χ0) is 13.7. The molecule has 0 heterocycles. The molecule has 4 nitrogen and oxygen atoms in total. The molecule has 0 rings (SSSR count). The van der Waals surface area contributed by atoms with Gasteiger partial charge in [0.15, 0.2) is 0 Å². The summed E-state index contributed by atoms with van der Waals surface area (Å²) in [6.45, 7) is 4.44. The van der Waals surface area contributed by atoms with Crippen LogP contribution in [0.2, 0.25) is 0 Å². The minimum Gasteiger partial charge on any atom is -0.368 e. The number of nitrogens with two attached hydrogens (primary N) is 1. The molecule has 0 spiro atoms. The first-order valence-electron chi connectivity index (χ1n) is 5.48. The molecule has 1 atom stereocenters. The van der Waals surface area contributed by atoms with E-state index in [4.69, 9.17) is 5.73 Å². The topological polar surface area (TPSA) is 58.4 Å². The lowest BCUT2D eigenvalue weighted by atomic mass is 10.0. The zero-order valence-electron chi connectivity index (χ0n) is 10.4. The van der Waals surface area contributed by atoms with Crippen molar-refractivity contribution in [2.45, 2.75) is 32.5 Å². The maximum atomic E-state index is 12.3. The third-order valence-corrected chi connectivity index (χ3v) is 2.50. The molecule has 0 aliphatic rings. The average molecular weight is 255 g/mol. The SMILES string of the molecule is CCNC(C)(CN(CC)CC(F)(F)F)C(N)=O. The third-order valence-electron chi connectivity index (χ3n) is 2.50. The predicted octanol–water partition coefficient (Wildman–Crippen LogP) is 0.724. The first-order valence-corrected chi connectivity index (χ1v) is 5.48. The molecule has 1 unspecified atom stereocenters. The molecule has 0 aromatic heterocycles. The standard InChI is InChI=1S/C10H20F3N3O/c1-4-15-9(3,8(14)17)6-16(5-2)7-10(11,12)13/h15H,4-7H2,1-3H3,(H2,14,17). The molecule has 0 radical (unpaired) electrons. The van der Waals surface area contributed by atoms with Gasteiger partial charge in [0, 0.05) is 6.54 Å². The van der Waals surface area contributed by atoms with E-state index in [1.165, 1.54) is 6.92 Å². The number of carbonyl (C=O) groups excluding carboxylic acids is 1. The summed E-state index contributed by atoms with van der Waals surface area (Å²) in [7, 11) is 0. The zero-order valence-corrected chi connectivity index (χ0v) is 10.4. The number of likely N-dealkylation sites (N-methyl/N-ethyl adjacent to an activating group) is 2. The number of alkyl halides is 3. The number of hydrogen-bond acceptors (Lipinski definition) is 3. The van der Waals surface area contributed by atoms with E-state index in [0.29, 0.717) is 6.54 Å². The number of nitrogens with zero attached hydrogens (tertiary/aromatic N) is 1. The molecule has 3 N–H and O–H groups in total. The van der Waals surface area contributed by atoms with E-state index in [-0.39, 0.29) is 13.1 Å². The van der Waals surface area contributed by atoms with Crippen LogP contribution in [0, 0.1) is 0 Å². The summed E-state index contributed by atoms with van der Waals surface area (Å²) < 4.78 is 36.8. The highest BCUT2D eigenvalue weighted by Crippen LogP contribution is 2.18. The Labute approximate surface area is 99.3 Å². The molecule has 0 aliphatic carbocycles. The van der Waals surface area contributed by atoms with Crippen molar-refractivity contribution in [3.05, 3.63) is 0 Å². The summed E-state index contributed by atoms with van der Waals surface area (Å²) in [5.74, 6) is -0.653. The van der Waals surface area contributed by atoms with E-state index in [1.807, 2.05) is 0 Å². The van der Waals surface area contributed by atoms with Crippen molar-refractivity contribution in [3.63, 3.8) is 0 Å². The van der Waals surface area contributed by atoms with Gasteiger partial charge in [-0.25, -0.2) is 0 Å². The Morgan fingerprint density at radius 3 is 2.12 bits per heavy atom. The van der Waals surface area contributed by atoms with Crippen LogP contribution in [-0.2, 0) is 4.79 Å². The van der Waals surface area contributed by atoms with E-state index in [1.54, 1.807) is 13.8 Å². The van der Waals surface area contributed by atoms with Gasteiger partial charge >= 0.3 is 6.18 Å². The van der Waals surface area contributed by atoms with Gasteiger partial charge < -0.3 is 11.1 Å². The monoisotopic (exact) mass is 255 g/mol. The van der Waals surface area contributed by atoms with E-state index < -0.39 is 24.2 Å². The minimum atomic E-state index is -4.28. The molecule has 17 heavy (non-hydrogen) atoms. The molecule has 0 bridgehead atoms. The molecule has 0 saturated carbocycles. The summed E-state index contributed by atoms with van der Waals surface area (Å²) in [6, 6.07) is 0. The van der Waals surface area contributed by atoms with Gasteiger partial charge in [-0.3, -0.25) is 9.69 Å². The number of rotatable bonds is 7. The predicted molar refractivity (Wildman–Crippen MR) is 59.4 cm³/mol. The summed E-state index contributed by atoms with van der Waals surface area (Å²) in [4.78, 5) is 12.4. The van der Waals surface area contributed by atoms with E-state index in [9.17, 15) is 18.0 Å². The minimum absolute atomic E-state index is 0.0633. The second-order valence-electron chi connectivity index (χ2n) is 4.15. The fraction of sp³-hybridized carbons (Fsp3) is 0.900. The van der Waals surface area contributed by atoms with E-state index in [0.717, 1.165) is 4.90 Å². The van der Waals surface area contributed by atoms with Crippen LogP contribution in [0.1, 0.15) is 20.8 Å². The summed E-state index contributed by atoms with van der Waals surface area (Å²) in [6.07, 6.45) is -4.28. The number of halogens is 3. The molecular weight excluding hydrogens is 235 g/mol. The first kappa shape index (κ1) is 16.2. The Morgan fingerprint density at radius 1 is 1.29 bits per heavy atom. The summed E-state index contributed by atoms with van der Waals surface area (Å²) in [5.41, 5.74) is 4.07. The van der Waals surface area contributed by atoms with Gasteiger partial charge in [0.25, 0.3) is 0 Å². The van der Waals surface area contributed by atoms with Gasteiger partial charge in [-0.2, -0.15) is 13.2 Å². The van der Waals surface area contributed by atoms with Crippen LogP contribution < -0.4 is 11.1 Å². The van der Waals surface area contributed by atoms with Crippen molar-refractivity contribution in [1.29, 1.82) is 0 Å². The van der Waals surface area contributed by atoms with E-state index >= 15 is 0 Å². The molecule has 0 saturated heterocycles. The molecule has 102 valence electrons. The first-order chi connectivity index (χ1) is 7.64. The number of primary amides is 1. The average Bonchev–Trinajstić information content (AvgIpc) is 2.14. The molecule has 0 aliphatic heterocycles. The van der Waals surface area contributed by atoms with Crippen molar-refractivity contribution >= 4 is 5.91 Å². The molecule has 7 heteroatoms. The lowest BCUT2D eigenvalue weighted by Crippen LogP contribution is -2.60. The Hall–Kier alpha value is -0.820. The smallest absolute Gasteiger partial charge is 0.368 e. The molecule has 0 aromatic rings. The van der Waals surface area contributed by atoms with Crippen LogP contribution in [0.15, 0.2) is 0 Å². The van der Waals surface area contributed by atoms with Crippen molar-refractivity contribution in [2.75, 3.05) is 26.2 Å². The lowest BCUT2D eigenvalue weighted by Gasteiger charge is -2.33. The van der Waals surface area contributed by atoms with Crippen LogP contribution in [0.25, 0.3) is 0 Å². The van der Waals surface area contributed by atoms with Crippen LogP contribution in [-0.4, -0.2) is 48.7 Å². The van der Waals surface area contributed by atoms with Crippen molar-refractivity contribution < 1.29 is 18.0 Å². The Morgan fingerprint density at radius 2 is 1.82 bits per heavy atom. The molecule has 0 aromatic carbocycles. The second kappa shape index (κ2) is 6.20. The number of amides is 1. The second-order valence-corrected chi connectivity index (χ2v) is 4.15. The van der Waals surface area contributed by atoms with Gasteiger partial charge in [-0.15, -0.1) is 0 Å². The lowest BCUT2D eigenvalue weighted by molar-refractivity contribution is -0.149. The third kappa shape index (κ3) is 5.88. The maximum Gasteiger partial charge on any atom is 0.401 e. The Balaban J connectivity index is 4.66. The summed E-state index contributed by atoms with van der Waals surface area (Å²) >= 11 is 0. The number of nitrogens with one attached hydrogen (secondary N) is 1. The van der Waals surface area contributed by atoms with E-state index in [2.05, 4.69) is 5.32 Å². The normalized spacial score (nSPS) is 15.9. The Bertz CT molecular complexity index is 258. The highest BCUT2D eigenvalue weighted by atomic mass is 19.4. The van der Waals surface area contributed by atoms with Crippen molar-refractivity contribution in [3.8, 4) is 0 Å². The van der Waals surface area contributed by atoms with Gasteiger partial charge in [-0.1, -0.05) is 13.8 Å². The fourth-order valence-electron chi connectivity index (χ4n) is 1.59. The summed E-state index contributed by atoms with van der Waals surface area (Å²) in [5, 5.41) is 2.83. The Kier molecular flexibility index (Phi) is 5.91.